The minimum Gasteiger partial charge on any atom is -0.490 e. The molecule has 1 heterocycles. The number of aryl methyl sites for hydroxylation is 2. The fourth-order valence-corrected chi connectivity index (χ4v) is 4.25. The maximum absolute atomic E-state index is 10.7. The van der Waals surface area contributed by atoms with E-state index < -0.39 is 6.10 Å². The van der Waals surface area contributed by atoms with Gasteiger partial charge in [0.15, 0.2) is 0 Å². The molecule has 0 amide bonds. The van der Waals surface area contributed by atoms with Crippen LogP contribution in [0.15, 0.2) is 42.5 Å². The first-order valence-electron chi connectivity index (χ1n) is 9.95. The number of hydrogen-bond donors (Lipinski definition) is 1. The van der Waals surface area contributed by atoms with E-state index in [9.17, 15) is 5.11 Å². The molecule has 4 rings (SSSR count). The Balaban J connectivity index is 1.54. The van der Waals surface area contributed by atoms with E-state index in [0.29, 0.717) is 12.5 Å². The van der Waals surface area contributed by atoms with Crippen molar-refractivity contribution < 1.29 is 9.84 Å². The molecule has 1 saturated carbocycles. The quantitative estimate of drug-likeness (QED) is 0.686. The Hall–Kier alpha value is -2.33. The first kappa shape index (κ1) is 18.1. The zero-order valence-corrected chi connectivity index (χ0v) is 16.2. The summed E-state index contributed by atoms with van der Waals surface area (Å²) in [5.41, 5.74) is 4.32. The van der Waals surface area contributed by atoms with Crippen molar-refractivity contribution in [1.82, 2.24) is 9.55 Å². The van der Waals surface area contributed by atoms with Crippen LogP contribution in [0.4, 0.5) is 0 Å². The molecule has 1 aromatic heterocycles. The van der Waals surface area contributed by atoms with Gasteiger partial charge in [-0.05, 0) is 49.9 Å². The molecule has 1 atom stereocenters. The predicted molar refractivity (Wildman–Crippen MR) is 108 cm³/mol. The first-order chi connectivity index (χ1) is 13.1. The van der Waals surface area contributed by atoms with E-state index in [-0.39, 0.29) is 6.61 Å². The Labute approximate surface area is 160 Å². The maximum Gasteiger partial charge on any atom is 0.125 e. The maximum atomic E-state index is 10.7. The minimum absolute atomic E-state index is 0.280. The zero-order chi connectivity index (χ0) is 18.8. The van der Waals surface area contributed by atoms with Gasteiger partial charge in [-0.25, -0.2) is 4.98 Å². The molecule has 2 aromatic carbocycles. The second-order valence-electron chi connectivity index (χ2n) is 7.74. The third-order valence-corrected chi connectivity index (χ3v) is 5.63. The van der Waals surface area contributed by atoms with Crippen LogP contribution in [0.2, 0.25) is 0 Å². The highest BCUT2D eigenvalue weighted by molar-refractivity contribution is 5.76. The summed E-state index contributed by atoms with van der Waals surface area (Å²) in [5, 5.41) is 10.7. The Kier molecular flexibility index (Phi) is 5.17. The van der Waals surface area contributed by atoms with Gasteiger partial charge in [0, 0.05) is 5.92 Å². The first-order valence-corrected chi connectivity index (χ1v) is 9.95. The van der Waals surface area contributed by atoms with Gasteiger partial charge in [0.05, 0.1) is 17.6 Å². The van der Waals surface area contributed by atoms with E-state index in [4.69, 9.17) is 9.72 Å². The molecule has 1 unspecified atom stereocenters. The number of nitrogens with zero attached hydrogens (tertiary/aromatic N) is 2. The Morgan fingerprint density at radius 2 is 1.78 bits per heavy atom. The molecule has 142 valence electrons. The van der Waals surface area contributed by atoms with Crippen molar-refractivity contribution in [1.29, 1.82) is 0 Å². The van der Waals surface area contributed by atoms with E-state index in [1.807, 2.05) is 44.2 Å². The Bertz CT molecular complexity index is 905. The van der Waals surface area contributed by atoms with Crippen molar-refractivity contribution in [2.24, 2.45) is 0 Å². The molecule has 1 aliphatic rings. The lowest BCUT2D eigenvalue weighted by Crippen LogP contribution is -2.25. The summed E-state index contributed by atoms with van der Waals surface area (Å²) in [6, 6.07) is 14.3. The van der Waals surface area contributed by atoms with Crippen LogP contribution in [0, 0.1) is 13.8 Å². The number of aliphatic hydroxyl groups excluding tert-OH is 1. The monoisotopic (exact) mass is 364 g/mol. The summed E-state index contributed by atoms with van der Waals surface area (Å²) in [7, 11) is 0. The molecule has 4 nitrogen and oxygen atoms in total. The molecule has 27 heavy (non-hydrogen) atoms. The number of ether oxygens (including phenoxy) is 1. The lowest BCUT2D eigenvalue weighted by atomic mass is 10.1. The lowest BCUT2D eigenvalue weighted by molar-refractivity contribution is 0.0918. The van der Waals surface area contributed by atoms with Gasteiger partial charge >= 0.3 is 0 Å². The van der Waals surface area contributed by atoms with Crippen LogP contribution in [0.3, 0.4) is 0 Å². The molecule has 1 aliphatic carbocycles. The molecular formula is C23H28N2O2. The van der Waals surface area contributed by atoms with E-state index in [1.54, 1.807) is 0 Å². The van der Waals surface area contributed by atoms with E-state index in [2.05, 4.69) is 16.7 Å². The third-order valence-electron chi connectivity index (χ3n) is 5.63. The molecule has 0 radical (unpaired) electrons. The molecule has 0 bridgehead atoms. The number of hydrogen-bond acceptors (Lipinski definition) is 3. The van der Waals surface area contributed by atoms with Gasteiger partial charge in [0.1, 0.15) is 24.3 Å². The summed E-state index contributed by atoms with van der Waals surface area (Å²) >= 11 is 0. The summed E-state index contributed by atoms with van der Waals surface area (Å²) in [6.07, 6.45) is 4.34. The van der Waals surface area contributed by atoms with Crippen molar-refractivity contribution in [3.05, 3.63) is 59.4 Å². The number of rotatable bonds is 6. The number of aromatic nitrogens is 2. The van der Waals surface area contributed by atoms with Crippen LogP contribution >= 0.6 is 0 Å². The smallest absolute Gasteiger partial charge is 0.125 e. The van der Waals surface area contributed by atoms with Crippen LogP contribution in [-0.4, -0.2) is 27.4 Å². The zero-order valence-electron chi connectivity index (χ0n) is 16.2. The van der Waals surface area contributed by atoms with Crippen LogP contribution in [0.1, 0.15) is 48.6 Å². The standard InChI is InChI=1S/C23H28N2O2/c1-16-8-7-9-17(2)22(16)27-15-19(26)14-25-21-13-6-5-12-20(21)24-23(25)18-10-3-4-11-18/h5-9,12-13,18-19,26H,3-4,10-11,14-15H2,1-2H3. The summed E-state index contributed by atoms with van der Waals surface area (Å²) in [5.74, 6) is 2.51. The van der Waals surface area contributed by atoms with Gasteiger partial charge < -0.3 is 14.4 Å². The van der Waals surface area contributed by atoms with Crippen LogP contribution in [0.5, 0.6) is 5.75 Å². The summed E-state index contributed by atoms with van der Waals surface area (Å²) in [6.45, 7) is 4.87. The fourth-order valence-electron chi connectivity index (χ4n) is 4.25. The van der Waals surface area contributed by atoms with Crippen molar-refractivity contribution in [3.63, 3.8) is 0 Å². The normalized spacial score (nSPS) is 16.1. The molecule has 1 fully saturated rings. The van der Waals surface area contributed by atoms with Gasteiger partial charge in [0.25, 0.3) is 0 Å². The molecule has 3 aromatic rings. The van der Waals surface area contributed by atoms with Crippen molar-refractivity contribution >= 4 is 11.0 Å². The number of aliphatic hydroxyl groups is 1. The average molecular weight is 364 g/mol. The highest BCUT2D eigenvalue weighted by Gasteiger charge is 2.24. The second kappa shape index (κ2) is 7.73. The van der Waals surface area contributed by atoms with Gasteiger partial charge in [-0.3, -0.25) is 0 Å². The van der Waals surface area contributed by atoms with Gasteiger partial charge in [-0.2, -0.15) is 0 Å². The molecular weight excluding hydrogens is 336 g/mol. The van der Waals surface area contributed by atoms with Gasteiger partial charge in [0.2, 0.25) is 0 Å². The molecule has 0 saturated heterocycles. The van der Waals surface area contributed by atoms with Crippen molar-refractivity contribution in [2.75, 3.05) is 6.61 Å². The van der Waals surface area contributed by atoms with Crippen LogP contribution in [0.25, 0.3) is 11.0 Å². The molecule has 0 aliphatic heterocycles. The van der Waals surface area contributed by atoms with Gasteiger partial charge in [-0.1, -0.05) is 43.2 Å². The fraction of sp³-hybridized carbons (Fsp3) is 0.435. The molecule has 4 heteroatoms. The minimum atomic E-state index is -0.582. The summed E-state index contributed by atoms with van der Waals surface area (Å²) in [4.78, 5) is 4.91. The third kappa shape index (κ3) is 3.72. The van der Waals surface area contributed by atoms with Crippen LogP contribution < -0.4 is 4.74 Å². The molecule has 0 spiro atoms. The average Bonchev–Trinajstić information content (AvgIpc) is 3.30. The lowest BCUT2D eigenvalue weighted by Gasteiger charge is -2.19. The number of para-hydroxylation sites is 3. The largest absolute Gasteiger partial charge is 0.490 e. The highest BCUT2D eigenvalue weighted by atomic mass is 16.5. The second-order valence-corrected chi connectivity index (χ2v) is 7.74. The van der Waals surface area contributed by atoms with Crippen molar-refractivity contribution in [2.45, 2.75) is 58.1 Å². The predicted octanol–water partition coefficient (Wildman–Crippen LogP) is 4.75. The van der Waals surface area contributed by atoms with Crippen LogP contribution in [-0.2, 0) is 6.54 Å². The van der Waals surface area contributed by atoms with E-state index in [0.717, 1.165) is 33.7 Å². The van der Waals surface area contributed by atoms with E-state index in [1.165, 1.54) is 25.7 Å². The highest BCUT2D eigenvalue weighted by Crippen LogP contribution is 2.35. The summed E-state index contributed by atoms with van der Waals surface area (Å²) < 4.78 is 8.18. The molecule has 1 N–H and O–H groups in total. The Morgan fingerprint density at radius 3 is 2.52 bits per heavy atom. The topological polar surface area (TPSA) is 47.3 Å². The SMILES string of the molecule is Cc1cccc(C)c1OCC(O)Cn1c(C2CCCC2)nc2ccccc21. The Morgan fingerprint density at radius 1 is 1.07 bits per heavy atom. The number of imidazole rings is 1. The van der Waals surface area contributed by atoms with Gasteiger partial charge in [-0.15, -0.1) is 0 Å². The number of fused-ring (bicyclic) bond motifs is 1. The van der Waals surface area contributed by atoms with E-state index >= 15 is 0 Å². The van der Waals surface area contributed by atoms with Crippen molar-refractivity contribution in [3.8, 4) is 5.75 Å². The number of benzene rings is 2.